The zero-order valence-corrected chi connectivity index (χ0v) is 13.7. The molecule has 0 aromatic heterocycles. The maximum atomic E-state index is 11.9. The first-order valence-corrected chi connectivity index (χ1v) is 8.31. The molecule has 0 rings (SSSR count). The Morgan fingerprint density at radius 1 is 1.00 bits per heavy atom. The van der Waals surface area contributed by atoms with Gasteiger partial charge < -0.3 is 30.2 Å². The Kier molecular flexibility index (Phi) is 7.10. The number of rotatable bonds is 10. The first kappa shape index (κ1) is 22.0. The predicted molar refractivity (Wildman–Crippen MR) is 76.4 cm³/mol. The van der Waals surface area contributed by atoms with Crippen LogP contribution in [0.4, 0.5) is 0 Å². The van der Waals surface area contributed by atoms with Crippen LogP contribution in [-0.2, 0) is 23.7 Å². The van der Waals surface area contributed by atoms with E-state index < -0.39 is 60.8 Å². The molecule has 4 unspecified atom stereocenters. The second kappa shape index (κ2) is 7.73. The Morgan fingerprint density at radius 2 is 1.46 bits per heavy atom. The van der Waals surface area contributed by atoms with Crippen molar-refractivity contribution in [1.82, 2.24) is 0 Å². The minimum absolute atomic E-state index is 0.355. The fourth-order valence-electron chi connectivity index (χ4n) is 2.82. The van der Waals surface area contributed by atoms with Gasteiger partial charge in [0.2, 0.25) is 0 Å². The second-order valence-electron chi connectivity index (χ2n) is 5.35. The van der Waals surface area contributed by atoms with E-state index in [-0.39, 0.29) is 6.42 Å². The van der Waals surface area contributed by atoms with Gasteiger partial charge in [-0.1, -0.05) is 13.8 Å². The van der Waals surface area contributed by atoms with Crippen molar-refractivity contribution in [2.45, 2.75) is 31.8 Å². The Hall–Kier alpha value is -1.97. The topological polar surface area (TPSA) is 207 Å². The summed E-state index contributed by atoms with van der Waals surface area (Å²) in [6, 6.07) is 0. The van der Waals surface area contributed by atoms with Crippen LogP contribution in [0.3, 0.4) is 0 Å². The molecule has 0 heterocycles. The number of aliphatic carboxylic acids is 4. The monoisotopic (exact) mass is 370 g/mol. The minimum Gasteiger partial charge on any atom is -0.481 e. The smallest absolute Gasteiger partial charge is 0.343 e. The van der Waals surface area contributed by atoms with Crippen LogP contribution in [0.2, 0.25) is 0 Å². The number of carboxylic acid groups (broad SMARTS) is 4. The highest BCUT2D eigenvalue weighted by molar-refractivity contribution is 7.54. The molecule has 0 amide bonds. The third-order valence-electron chi connectivity index (χ3n) is 3.98. The molecule has 0 saturated carbocycles. The van der Waals surface area contributed by atoms with Crippen LogP contribution in [0.25, 0.3) is 0 Å². The van der Waals surface area contributed by atoms with Crippen molar-refractivity contribution in [3.8, 4) is 0 Å². The van der Waals surface area contributed by atoms with Gasteiger partial charge in [0, 0.05) is 5.92 Å². The normalized spacial score (nSPS) is 18.0. The summed E-state index contributed by atoms with van der Waals surface area (Å²) in [6.07, 6.45) is -1.98. The summed E-state index contributed by atoms with van der Waals surface area (Å²) >= 11 is 0. The molecule has 12 heteroatoms. The van der Waals surface area contributed by atoms with Gasteiger partial charge in [-0.25, -0.2) is 0 Å². The van der Waals surface area contributed by atoms with Crippen LogP contribution >= 0.6 is 7.60 Å². The van der Waals surface area contributed by atoms with Crippen molar-refractivity contribution in [2.24, 2.45) is 17.8 Å². The van der Waals surface area contributed by atoms with E-state index in [0.29, 0.717) is 0 Å². The van der Waals surface area contributed by atoms with Gasteiger partial charge >= 0.3 is 31.5 Å². The molecule has 0 radical (unpaired) electrons. The Morgan fingerprint density at radius 3 is 1.67 bits per heavy atom. The molecule has 0 aliphatic rings. The van der Waals surface area contributed by atoms with Crippen LogP contribution in [-0.4, -0.2) is 59.2 Å². The quantitative estimate of drug-likeness (QED) is 0.280. The molecular weight excluding hydrogens is 351 g/mol. The predicted octanol–water partition coefficient (Wildman–Crippen LogP) is -0.0901. The first-order valence-electron chi connectivity index (χ1n) is 6.70. The lowest BCUT2D eigenvalue weighted by Gasteiger charge is -2.40. The highest BCUT2D eigenvalue weighted by atomic mass is 31.2. The molecule has 4 atom stereocenters. The largest absolute Gasteiger partial charge is 0.481 e. The summed E-state index contributed by atoms with van der Waals surface area (Å²) in [5.41, 5.74) is 0. The van der Waals surface area contributed by atoms with Crippen molar-refractivity contribution in [2.75, 3.05) is 0 Å². The van der Waals surface area contributed by atoms with E-state index in [4.69, 9.17) is 10.2 Å². The van der Waals surface area contributed by atoms with Gasteiger partial charge in [0.15, 0.2) is 5.16 Å². The van der Waals surface area contributed by atoms with Crippen LogP contribution < -0.4 is 0 Å². The van der Waals surface area contributed by atoms with E-state index >= 15 is 0 Å². The summed E-state index contributed by atoms with van der Waals surface area (Å²) in [6.45, 7) is 2.14. The van der Waals surface area contributed by atoms with E-state index in [1.54, 1.807) is 0 Å². The molecule has 24 heavy (non-hydrogen) atoms. The number of carbonyl (C=O) groups is 4. The molecular formula is C12H19O11P. The van der Waals surface area contributed by atoms with E-state index in [1.807, 2.05) is 0 Å². The van der Waals surface area contributed by atoms with Crippen LogP contribution in [0.1, 0.15) is 26.7 Å². The summed E-state index contributed by atoms with van der Waals surface area (Å²) in [4.78, 5) is 64.5. The lowest BCUT2D eigenvalue weighted by molar-refractivity contribution is -0.158. The van der Waals surface area contributed by atoms with Crippen molar-refractivity contribution in [3.63, 3.8) is 0 Å². The lowest BCUT2D eigenvalue weighted by atomic mass is 9.70. The summed E-state index contributed by atoms with van der Waals surface area (Å²) in [5.74, 6) is -13.4. The summed E-state index contributed by atoms with van der Waals surface area (Å²) in [5, 5.41) is 33.3. The van der Waals surface area contributed by atoms with Crippen LogP contribution in [0.5, 0.6) is 0 Å². The van der Waals surface area contributed by atoms with Crippen molar-refractivity contribution < 1.29 is 54.0 Å². The molecule has 0 spiro atoms. The third-order valence-corrected chi connectivity index (χ3v) is 5.67. The first-order chi connectivity index (χ1) is 10.7. The molecule has 0 aromatic carbocycles. The maximum Gasteiger partial charge on any atom is 0.343 e. The maximum absolute atomic E-state index is 11.9. The highest BCUT2D eigenvalue weighted by Gasteiger charge is 2.65. The second-order valence-corrected chi connectivity index (χ2v) is 7.24. The van der Waals surface area contributed by atoms with E-state index in [9.17, 15) is 43.7 Å². The van der Waals surface area contributed by atoms with E-state index in [1.165, 1.54) is 6.92 Å². The Labute approximate surface area is 136 Å². The van der Waals surface area contributed by atoms with Gasteiger partial charge in [0.05, 0.1) is 18.3 Å². The summed E-state index contributed by atoms with van der Waals surface area (Å²) in [7, 11) is -5.78. The Bertz CT molecular complexity index is 580. The lowest BCUT2D eigenvalue weighted by Crippen LogP contribution is -2.55. The van der Waals surface area contributed by atoms with Crippen molar-refractivity contribution >= 4 is 31.5 Å². The number of hydrogen-bond acceptors (Lipinski definition) is 5. The molecule has 0 fully saturated rings. The van der Waals surface area contributed by atoms with Gasteiger partial charge in [-0.2, -0.15) is 0 Å². The average molecular weight is 370 g/mol. The average Bonchev–Trinajstić information content (AvgIpc) is 2.39. The summed E-state index contributed by atoms with van der Waals surface area (Å²) < 4.78 is 11.9. The van der Waals surface area contributed by atoms with Gasteiger partial charge in [-0.15, -0.1) is 0 Å². The molecule has 6 N–H and O–H groups in total. The number of hydrogen-bond donors (Lipinski definition) is 6. The standard InChI is InChI=1S/C12H19O11P/c1-3-6(10(17)18)8(5(2)9(15)16)12(11(19)20,4-7(13)14)24(21,22)23/h5-6,8H,3-4H2,1-2H3,(H,13,14)(H,15,16)(H,17,18)(H,19,20)(H2,21,22,23). The van der Waals surface area contributed by atoms with Crippen LogP contribution in [0.15, 0.2) is 0 Å². The molecule has 0 aromatic rings. The fraction of sp³-hybridized carbons (Fsp3) is 0.667. The SMILES string of the molecule is CCC(C(=O)O)C(C(C)C(=O)O)C(CC(=O)O)(C(=O)O)P(=O)(O)O. The molecule has 0 aliphatic carbocycles. The molecule has 11 nitrogen and oxygen atoms in total. The highest BCUT2D eigenvalue weighted by Crippen LogP contribution is 2.60. The Balaban J connectivity index is 6.84. The molecule has 0 bridgehead atoms. The zero-order valence-electron chi connectivity index (χ0n) is 12.8. The molecule has 0 saturated heterocycles. The van der Waals surface area contributed by atoms with Gasteiger partial charge in [-0.3, -0.25) is 23.7 Å². The third kappa shape index (κ3) is 4.11. The van der Waals surface area contributed by atoms with E-state index in [2.05, 4.69) is 0 Å². The minimum atomic E-state index is -5.78. The fourth-order valence-corrected chi connectivity index (χ4v) is 4.20. The van der Waals surface area contributed by atoms with Crippen molar-refractivity contribution in [3.05, 3.63) is 0 Å². The molecule has 138 valence electrons. The zero-order chi connectivity index (χ0) is 19.5. The van der Waals surface area contributed by atoms with E-state index in [0.717, 1.165) is 6.92 Å². The van der Waals surface area contributed by atoms with Gasteiger partial charge in [0.1, 0.15) is 0 Å². The van der Waals surface area contributed by atoms with Gasteiger partial charge in [0.25, 0.3) is 0 Å². The molecule has 0 aliphatic heterocycles. The number of carboxylic acids is 4. The van der Waals surface area contributed by atoms with Crippen molar-refractivity contribution in [1.29, 1.82) is 0 Å². The van der Waals surface area contributed by atoms with Crippen LogP contribution in [0, 0.1) is 17.8 Å². The van der Waals surface area contributed by atoms with Gasteiger partial charge in [-0.05, 0) is 6.42 Å².